The first-order valence-corrected chi connectivity index (χ1v) is 21.0. The van der Waals surface area contributed by atoms with Gasteiger partial charge in [0.05, 0.1) is 5.69 Å². The van der Waals surface area contributed by atoms with Gasteiger partial charge in [-0.15, -0.1) is 41.4 Å². The van der Waals surface area contributed by atoms with Gasteiger partial charge in [0.15, 0.2) is 0 Å². The molecule has 0 bridgehead atoms. The van der Waals surface area contributed by atoms with Gasteiger partial charge in [0.25, 0.3) is 0 Å². The third kappa shape index (κ3) is 11.0. The molecule has 0 saturated heterocycles. The Morgan fingerprint density at radius 2 is 1.15 bits per heavy atom. The maximum atomic E-state index is 10.2. The molecule has 0 fully saturated rings. The van der Waals surface area contributed by atoms with Gasteiger partial charge in [-0.1, -0.05) is 116 Å². The maximum Gasteiger partial charge on any atom is 0.129 e. The SMILES string of the molecule is CC(C)(C)c1cc(-c2ccnc(-c3ccccc3O)c2)cc(C(C)(C)C)c1.C[Si](C)(C)C#Cc1ccc(-c2ccnc(-c3[c-]cccc3)c2)cc1.[Pt]. The molecule has 0 spiro atoms. The Morgan fingerprint density at radius 3 is 1.71 bits per heavy atom. The Morgan fingerprint density at radius 1 is 0.596 bits per heavy atom. The van der Waals surface area contributed by atoms with Crippen LogP contribution >= 0.6 is 0 Å². The van der Waals surface area contributed by atoms with Gasteiger partial charge < -0.3 is 10.1 Å². The number of pyridine rings is 2. The van der Waals surface area contributed by atoms with Crippen LogP contribution in [0.15, 0.2) is 128 Å². The predicted octanol–water partition coefficient (Wildman–Crippen LogP) is 12.2. The molecule has 0 atom stereocenters. The Hall–Kier alpha value is -4.55. The van der Waals surface area contributed by atoms with Crippen molar-refractivity contribution in [2.24, 2.45) is 0 Å². The number of aromatic hydroxyl groups is 1. The molecule has 1 N–H and O–H groups in total. The van der Waals surface area contributed by atoms with Crippen LogP contribution in [0, 0.1) is 17.5 Å². The fourth-order valence-corrected chi connectivity index (χ4v) is 5.94. The quantitative estimate of drug-likeness (QED) is 0.109. The molecule has 6 rings (SSSR count). The minimum atomic E-state index is -1.34. The summed E-state index contributed by atoms with van der Waals surface area (Å²) in [4.78, 5) is 8.94. The smallest absolute Gasteiger partial charge is 0.129 e. The van der Waals surface area contributed by atoms with E-state index < -0.39 is 8.07 Å². The predicted molar refractivity (Wildman–Crippen MR) is 218 cm³/mol. The Labute approximate surface area is 326 Å². The molecule has 0 saturated carbocycles. The fraction of sp³-hybridized carbons (Fsp3) is 0.234. The van der Waals surface area contributed by atoms with E-state index in [0.29, 0.717) is 0 Å². The second-order valence-corrected chi connectivity index (χ2v) is 20.8. The summed E-state index contributed by atoms with van der Waals surface area (Å²) < 4.78 is 0. The molecule has 5 heteroatoms. The van der Waals surface area contributed by atoms with E-state index in [4.69, 9.17) is 0 Å². The van der Waals surface area contributed by atoms with Crippen molar-refractivity contribution in [3.8, 4) is 62.0 Å². The summed E-state index contributed by atoms with van der Waals surface area (Å²) in [5.74, 6) is 3.55. The molecule has 0 aliphatic carbocycles. The Kier molecular flexibility index (Phi) is 13.0. The molecule has 3 nitrogen and oxygen atoms in total. The van der Waals surface area contributed by atoms with Crippen LogP contribution in [0.25, 0.3) is 44.8 Å². The van der Waals surface area contributed by atoms with Crippen molar-refractivity contribution in [2.45, 2.75) is 72.0 Å². The van der Waals surface area contributed by atoms with Crippen LogP contribution in [-0.4, -0.2) is 23.1 Å². The third-order valence-electron chi connectivity index (χ3n) is 8.48. The minimum Gasteiger partial charge on any atom is -0.507 e. The number of rotatable bonds is 4. The van der Waals surface area contributed by atoms with E-state index in [2.05, 4.69) is 143 Å². The number of phenols is 1. The molecule has 2 heterocycles. The number of benzene rings is 4. The molecule has 0 amide bonds. The summed E-state index contributed by atoms with van der Waals surface area (Å²) in [6.45, 7) is 20.3. The molecule has 4 aromatic carbocycles. The summed E-state index contributed by atoms with van der Waals surface area (Å²) in [5, 5.41) is 10.2. The van der Waals surface area contributed by atoms with E-state index in [1.165, 1.54) is 22.3 Å². The zero-order chi connectivity index (χ0) is 36.8. The van der Waals surface area contributed by atoms with Crippen molar-refractivity contribution in [3.63, 3.8) is 0 Å². The Balaban J connectivity index is 0.000000230. The van der Waals surface area contributed by atoms with Crippen LogP contribution < -0.4 is 0 Å². The van der Waals surface area contributed by atoms with Gasteiger partial charge in [-0.05, 0) is 92.4 Å². The standard InChI is InChI=1S/C25H29NO.C22H20NSi.Pt/c1-24(2,3)19-13-18(14-20(16-19)25(4,5)6)17-11-12-26-22(15-17)21-9-7-8-10-23(21)27;1-24(2,3)16-14-18-9-11-19(12-10-18)21-13-15-23-22(17-21)20-7-5-4-6-8-20;/h7-16,27H,1-6H3;4-7,9-13,15,17H,1-3H3;/q;-1;. The summed E-state index contributed by atoms with van der Waals surface area (Å²) in [6, 6.07) is 42.0. The average molecular weight is 881 g/mol. The molecule has 0 radical (unpaired) electrons. The molecule has 6 aromatic rings. The molecule has 268 valence electrons. The second-order valence-electron chi connectivity index (χ2n) is 16.0. The topological polar surface area (TPSA) is 46.0 Å². The van der Waals surface area contributed by atoms with Crippen molar-refractivity contribution in [1.82, 2.24) is 9.97 Å². The van der Waals surface area contributed by atoms with Gasteiger partial charge in [-0.2, -0.15) is 0 Å². The molecule has 52 heavy (non-hydrogen) atoms. The van der Waals surface area contributed by atoms with Gasteiger partial charge in [0.1, 0.15) is 13.8 Å². The molecule has 0 aliphatic rings. The first kappa shape index (κ1) is 40.2. The van der Waals surface area contributed by atoms with Crippen LogP contribution in [0.4, 0.5) is 0 Å². The molecule has 2 aromatic heterocycles. The first-order valence-electron chi connectivity index (χ1n) is 17.5. The monoisotopic (exact) mass is 880 g/mol. The molecule has 0 unspecified atom stereocenters. The Bertz CT molecular complexity index is 2130. The zero-order valence-electron chi connectivity index (χ0n) is 31.8. The van der Waals surface area contributed by atoms with Crippen molar-refractivity contribution in [3.05, 3.63) is 150 Å². The second kappa shape index (κ2) is 16.9. The van der Waals surface area contributed by atoms with E-state index in [0.717, 1.165) is 39.2 Å². The molecular weight excluding hydrogens is 832 g/mol. The largest absolute Gasteiger partial charge is 0.507 e. The van der Waals surface area contributed by atoms with Gasteiger partial charge in [0.2, 0.25) is 0 Å². The first-order chi connectivity index (χ1) is 24.1. The van der Waals surface area contributed by atoms with Crippen LogP contribution in [0.2, 0.25) is 19.6 Å². The minimum absolute atomic E-state index is 0. The van der Waals surface area contributed by atoms with Gasteiger partial charge in [-0.3, -0.25) is 4.98 Å². The third-order valence-corrected chi connectivity index (χ3v) is 9.36. The van der Waals surface area contributed by atoms with Crippen LogP contribution in [-0.2, 0) is 31.9 Å². The summed E-state index contributed by atoms with van der Waals surface area (Å²) in [6.07, 6.45) is 3.67. The van der Waals surface area contributed by atoms with E-state index in [1.807, 2.05) is 67.0 Å². The van der Waals surface area contributed by atoms with Crippen molar-refractivity contribution < 1.29 is 26.2 Å². The normalized spacial score (nSPS) is 11.3. The van der Waals surface area contributed by atoms with Crippen molar-refractivity contribution in [2.75, 3.05) is 0 Å². The van der Waals surface area contributed by atoms with Crippen LogP contribution in [0.3, 0.4) is 0 Å². The van der Waals surface area contributed by atoms with E-state index in [9.17, 15) is 5.11 Å². The van der Waals surface area contributed by atoms with Crippen LogP contribution in [0.5, 0.6) is 5.75 Å². The summed E-state index contributed by atoms with van der Waals surface area (Å²) in [7, 11) is -1.34. The van der Waals surface area contributed by atoms with Gasteiger partial charge >= 0.3 is 0 Å². The number of aromatic nitrogens is 2. The number of hydrogen-bond acceptors (Lipinski definition) is 3. The van der Waals surface area contributed by atoms with Crippen molar-refractivity contribution >= 4 is 8.07 Å². The number of hydrogen-bond donors (Lipinski definition) is 1. The average Bonchev–Trinajstić information content (AvgIpc) is 3.11. The molecular formula is C47H49N2OPtSi-. The fourth-order valence-electron chi connectivity index (χ4n) is 5.42. The zero-order valence-corrected chi connectivity index (χ0v) is 35.1. The van der Waals surface area contributed by atoms with E-state index in [1.54, 1.807) is 6.07 Å². The summed E-state index contributed by atoms with van der Waals surface area (Å²) >= 11 is 0. The maximum absolute atomic E-state index is 10.2. The van der Waals surface area contributed by atoms with Crippen LogP contribution in [0.1, 0.15) is 58.2 Å². The number of nitrogens with zero attached hydrogens (tertiary/aromatic N) is 2. The number of para-hydroxylation sites is 1. The van der Waals surface area contributed by atoms with Gasteiger partial charge in [0, 0.05) is 44.6 Å². The van der Waals surface area contributed by atoms with E-state index in [-0.39, 0.29) is 37.6 Å². The van der Waals surface area contributed by atoms with Crippen molar-refractivity contribution in [1.29, 1.82) is 0 Å². The number of phenolic OH excluding ortho intramolecular Hbond substituents is 1. The summed E-state index contributed by atoms with van der Waals surface area (Å²) in [5.41, 5.74) is 15.4. The van der Waals surface area contributed by atoms with E-state index >= 15 is 0 Å². The molecule has 0 aliphatic heterocycles. The van der Waals surface area contributed by atoms with Gasteiger partial charge in [-0.25, -0.2) is 0 Å².